The van der Waals surface area contributed by atoms with Gasteiger partial charge < -0.3 is 15.7 Å². The van der Waals surface area contributed by atoms with Gasteiger partial charge in [-0.05, 0) is 25.2 Å². The van der Waals surface area contributed by atoms with E-state index in [1.54, 1.807) is 0 Å². The van der Waals surface area contributed by atoms with Crippen LogP contribution in [0.2, 0.25) is 0 Å². The van der Waals surface area contributed by atoms with Gasteiger partial charge >= 0.3 is 0 Å². The van der Waals surface area contributed by atoms with Crippen molar-refractivity contribution in [2.45, 2.75) is 25.7 Å². The Morgan fingerprint density at radius 3 is 3.17 bits per heavy atom. The van der Waals surface area contributed by atoms with Crippen LogP contribution >= 0.6 is 11.3 Å². The van der Waals surface area contributed by atoms with Gasteiger partial charge in [0.25, 0.3) is 0 Å². The maximum atomic E-state index is 12.1. The highest BCUT2D eigenvalue weighted by molar-refractivity contribution is 7.13. The number of aliphatic hydroxyl groups is 1. The number of nitrogen functional groups attached to an aromatic ring is 1. The average molecular weight is 269 g/mol. The SMILES string of the molecule is Nc1nc(CC(=O)N2CCCC(CCO)C2)cs1. The van der Waals surface area contributed by atoms with E-state index < -0.39 is 0 Å². The molecule has 0 bridgehead atoms. The summed E-state index contributed by atoms with van der Waals surface area (Å²) in [5, 5.41) is 11.3. The molecule has 1 unspecified atom stereocenters. The Kier molecular flexibility index (Phi) is 4.54. The molecule has 6 heteroatoms. The Bertz CT molecular complexity index is 406. The molecule has 1 aromatic heterocycles. The predicted octanol–water partition coefficient (Wildman–Crippen LogP) is 0.889. The van der Waals surface area contributed by atoms with Crippen molar-refractivity contribution >= 4 is 22.4 Å². The third-order valence-corrected chi connectivity index (χ3v) is 4.03. The van der Waals surface area contributed by atoms with Crippen LogP contribution in [0.3, 0.4) is 0 Å². The number of rotatable bonds is 4. The molecule has 0 spiro atoms. The first-order chi connectivity index (χ1) is 8.69. The Hall–Kier alpha value is -1.14. The predicted molar refractivity (Wildman–Crippen MR) is 71.2 cm³/mol. The molecule has 3 N–H and O–H groups in total. The van der Waals surface area contributed by atoms with Crippen molar-refractivity contribution in [2.75, 3.05) is 25.4 Å². The average Bonchev–Trinajstić information content (AvgIpc) is 2.75. The van der Waals surface area contributed by atoms with E-state index in [2.05, 4.69) is 4.98 Å². The van der Waals surface area contributed by atoms with Crippen molar-refractivity contribution in [3.8, 4) is 0 Å². The van der Waals surface area contributed by atoms with E-state index >= 15 is 0 Å². The quantitative estimate of drug-likeness (QED) is 0.850. The lowest BCUT2D eigenvalue weighted by atomic mass is 9.95. The van der Waals surface area contributed by atoms with E-state index in [4.69, 9.17) is 10.8 Å². The van der Waals surface area contributed by atoms with Gasteiger partial charge in [0.2, 0.25) is 5.91 Å². The molecule has 0 radical (unpaired) electrons. The van der Waals surface area contributed by atoms with E-state index in [-0.39, 0.29) is 12.5 Å². The van der Waals surface area contributed by atoms with Crippen LogP contribution in [-0.4, -0.2) is 40.6 Å². The number of nitrogens with two attached hydrogens (primary N) is 1. The molecule has 18 heavy (non-hydrogen) atoms. The van der Waals surface area contributed by atoms with Crippen molar-refractivity contribution in [1.82, 2.24) is 9.88 Å². The monoisotopic (exact) mass is 269 g/mol. The highest BCUT2D eigenvalue weighted by Crippen LogP contribution is 2.20. The van der Waals surface area contributed by atoms with Gasteiger partial charge in [-0.3, -0.25) is 4.79 Å². The minimum atomic E-state index is 0.114. The number of thiazole rings is 1. The first kappa shape index (κ1) is 13.3. The second-order valence-electron chi connectivity index (χ2n) is 4.71. The Morgan fingerprint density at radius 2 is 2.50 bits per heavy atom. The summed E-state index contributed by atoms with van der Waals surface area (Å²) in [6, 6.07) is 0. The van der Waals surface area contributed by atoms with Crippen molar-refractivity contribution < 1.29 is 9.90 Å². The van der Waals surface area contributed by atoms with Crippen molar-refractivity contribution in [3.05, 3.63) is 11.1 Å². The lowest BCUT2D eigenvalue weighted by Crippen LogP contribution is -2.41. The van der Waals surface area contributed by atoms with Crippen molar-refractivity contribution in [1.29, 1.82) is 0 Å². The van der Waals surface area contributed by atoms with Gasteiger partial charge in [-0.15, -0.1) is 11.3 Å². The van der Waals surface area contributed by atoms with Crippen LogP contribution in [0.15, 0.2) is 5.38 Å². The zero-order valence-electron chi connectivity index (χ0n) is 10.3. The lowest BCUT2D eigenvalue weighted by Gasteiger charge is -2.32. The fourth-order valence-corrected chi connectivity index (χ4v) is 2.94. The third-order valence-electron chi connectivity index (χ3n) is 3.31. The first-order valence-corrected chi connectivity index (χ1v) is 7.15. The van der Waals surface area contributed by atoms with Crippen LogP contribution in [0.4, 0.5) is 5.13 Å². The molecular formula is C12H19N3O2S. The smallest absolute Gasteiger partial charge is 0.228 e. The zero-order chi connectivity index (χ0) is 13.0. The largest absolute Gasteiger partial charge is 0.396 e. The molecule has 1 aliphatic heterocycles. The molecule has 1 aliphatic rings. The highest BCUT2D eigenvalue weighted by Gasteiger charge is 2.23. The van der Waals surface area contributed by atoms with Crippen LogP contribution in [0, 0.1) is 5.92 Å². The van der Waals surface area contributed by atoms with Crippen LogP contribution in [-0.2, 0) is 11.2 Å². The molecule has 1 fully saturated rings. The number of carbonyl (C=O) groups excluding carboxylic acids is 1. The minimum absolute atomic E-state index is 0.114. The lowest BCUT2D eigenvalue weighted by molar-refractivity contribution is -0.132. The normalized spacial score (nSPS) is 20.1. The summed E-state index contributed by atoms with van der Waals surface area (Å²) in [7, 11) is 0. The summed E-state index contributed by atoms with van der Waals surface area (Å²) in [5.41, 5.74) is 6.31. The third kappa shape index (κ3) is 3.43. The van der Waals surface area contributed by atoms with Crippen molar-refractivity contribution in [3.63, 3.8) is 0 Å². The van der Waals surface area contributed by atoms with Crippen LogP contribution in [0.5, 0.6) is 0 Å². The van der Waals surface area contributed by atoms with Crippen LogP contribution in [0.1, 0.15) is 25.0 Å². The number of carbonyl (C=O) groups is 1. The molecule has 5 nitrogen and oxygen atoms in total. The first-order valence-electron chi connectivity index (χ1n) is 6.27. The molecule has 1 aromatic rings. The summed E-state index contributed by atoms with van der Waals surface area (Å²) >= 11 is 1.36. The molecule has 1 amide bonds. The number of piperidine rings is 1. The van der Waals surface area contributed by atoms with Gasteiger partial charge in [-0.2, -0.15) is 0 Å². The van der Waals surface area contributed by atoms with E-state index in [1.165, 1.54) is 11.3 Å². The van der Waals surface area contributed by atoms with E-state index in [1.807, 2.05) is 10.3 Å². The standard InChI is InChI=1S/C12H19N3O2S/c13-12-14-10(8-18-12)6-11(17)15-4-1-2-9(7-15)3-5-16/h8-9,16H,1-7H2,(H2,13,14). The minimum Gasteiger partial charge on any atom is -0.396 e. The molecule has 1 atom stereocenters. The van der Waals surface area contributed by atoms with Gasteiger partial charge in [0.1, 0.15) is 0 Å². The number of aromatic nitrogens is 1. The van der Waals surface area contributed by atoms with E-state index in [0.717, 1.165) is 38.0 Å². The summed E-state index contributed by atoms with van der Waals surface area (Å²) in [6.07, 6.45) is 3.25. The van der Waals surface area contributed by atoms with Gasteiger partial charge in [-0.25, -0.2) is 4.98 Å². The van der Waals surface area contributed by atoms with Gasteiger partial charge in [0.05, 0.1) is 12.1 Å². The van der Waals surface area contributed by atoms with Crippen molar-refractivity contribution in [2.24, 2.45) is 5.92 Å². The van der Waals surface area contributed by atoms with Gasteiger partial charge in [-0.1, -0.05) is 0 Å². The fourth-order valence-electron chi connectivity index (χ4n) is 2.38. The number of hydrogen-bond donors (Lipinski definition) is 2. The summed E-state index contributed by atoms with van der Waals surface area (Å²) in [6.45, 7) is 1.79. The second kappa shape index (κ2) is 6.15. The molecule has 2 rings (SSSR count). The molecular weight excluding hydrogens is 250 g/mol. The highest BCUT2D eigenvalue weighted by atomic mass is 32.1. The van der Waals surface area contributed by atoms with Crippen LogP contribution < -0.4 is 5.73 Å². The number of anilines is 1. The van der Waals surface area contributed by atoms with Gasteiger partial charge in [0, 0.05) is 25.1 Å². The summed E-state index contributed by atoms with van der Waals surface area (Å²) < 4.78 is 0. The number of likely N-dealkylation sites (tertiary alicyclic amines) is 1. The number of amides is 1. The fraction of sp³-hybridized carbons (Fsp3) is 0.667. The van der Waals surface area contributed by atoms with Gasteiger partial charge in [0.15, 0.2) is 5.13 Å². The maximum absolute atomic E-state index is 12.1. The molecule has 0 saturated carbocycles. The number of nitrogens with zero attached hydrogens (tertiary/aromatic N) is 2. The Morgan fingerprint density at radius 1 is 1.67 bits per heavy atom. The zero-order valence-corrected chi connectivity index (χ0v) is 11.2. The van der Waals surface area contributed by atoms with Crippen LogP contribution in [0.25, 0.3) is 0 Å². The molecule has 1 saturated heterocycles. The summed E-state index contributed by atoms with van der Waals surface area (Å²) in [5.74, 6) is 0.552. The Labute approximate surface area is 111 Å². The number of aliphatic hydroxyl groups excluding tert-OH is 1. The van der Waals surface area contributed by atoms with E-state index in [0.29, 0.717) is 17.5 Å². The van der Waals surface area contributed by atoms with E-state index in [9.17, 15) is 4.79 Å². The molecule has 0 aliphatic carbocycles. The maximum Gasteiger partial charge on any atom is 0.228 e. The molecule has 100 valence electrons. The molecule has 2 heterocycles. The Balaban J connectivity index is 1.88. The second-order valence-corrected chi connectivity index (χ2v) is 5.60. The molecule has 0 aromatic carbocycles. The summed E-state index contributed by atoms with van der Waals surface area (Å²) in [4.78, 5) is 18.1. The topological polar surface area (TPSA) is 79.5 Å². The number of hydrogen-bond acceptors (Lipinski definition) is 5.